The van der Waals surface area contributed by atoms with Gasteiger partial charge in [-0.1, -0.05) is 106 Å². The van der Waals surface area contributed by atoms with Crippen LogP contribution in [0.2, 0.25) is 0 Å². The molecule has 2 saturated carbocycles. The van der Waals surface area contributed by atoms with E-state index in [4.69, 9.17) is 4.99 Å². The van der Waals surface area contributed by atoms with Gasteiger partial charge in [0.15, 0.2) is 0 Å². The Bertz CT molecular complexity index is 1080. The molecule has 2 aliphatic carbocycles. The second kappa shape index (κ2) is 8.27. The first-order chi connectivity index (χ1) is 15.4. The first kappa shape index (κ1) is 21.6. The number of aliphatic imine (C=N–C) groups is 1. The highest BCUT2D eigenvalue weighted by atomic mass is 31.1. The van der Waals surface area contributed by atoms with Crippen molar-refractivity contribution in [3.63, 3.8) is 0 Å². The van der Waals surface area contributed by atoms with Gasteiger partial charge in [-0.2, -0.15) is 0 Å². The normalized spacial score (nSPS) is 26.0. The van der Waals surface area contributed by atoms with Crippen LogP contribution in [0.5, 0.6) is 0 Å². The Morgan fingerprint density at radius 3 is 1.91 bits per heavy atom. The van der Waals surface area contributed by atoms with Crippen molar-refractivity contribution in [1.82, 2.24) is 0 Å². The van der Waals surface area contributed by atoms with Crippen LogP contribution in [0.1, 0.15) is 58.6 Å². The summed E-state index contributed by atoms with van der Waals surface area (Å²) in [4.78, 5) is 5.45. The summed E-state index contributed by atoms with van der Waals surface area (Å²) < 4.78 is 0. The minimum atomic E-state index is -0.624. The van der Waals surface area contributed by atoms with Gasteiger partial charge in [-0.3, -0.25) is 4.99 Å². The highest BCUT2D eigenvalue weighted by Crippen LogP contribution is 2.64. The van der Waals surface area contributed by atoms with Gasteiger partial charge in [-0.25, -0.2) is 0 Å². The summed E-state index contributed by atoms with van der Waals surface area (Å²) in [6, 6.07) is 31.2. The van der Waals surface area contributed by atoms with Crippen LogP contribution in [0.4, 0.5) is 0 Å². The van der Waals surface area contributed by atoms with Crippen molar-refractivity contribution < 1.29 is 0 Å². The van der Waals surface area contributed by atoms with E-state index in [9.17, 15) is 0 Å². The first-order valence-corrected chi connectivity index (χ1v) is 13.3. The van der Waals surface area contributed by atoms with Gasteiger partial charge in [0.2, 0.25) is 0 Å². The van der Waals surface area contributed by atoms with Crippen molar-refractivity contribution in [3.05, 3.63) is 90.5 Å². The van der Waals surface area contributed by atoms with E-state index in [1.807, 2.05) is 0 Å². The molecule has 164 valence electrons. The van der Waals surface area contributed by atoms with Gasteiger partial charge >= 0.3 is 0 Å². The second-order valence-corrected chi connectivity index (χ2v) is 12.5. The minimum Gasteiger partial charge on any atom is -0.286 e. The lowest BCUT2D eigenvalue weighted by molar-refractivity contribution is 0.193. The molecule has 0 N–H and O–H groups in total. The second-order valence-electron chi connectivity index (χ2n) is 10.3. The molecule has 3 atom stereocenters. The molecule has 0 saturated heterocycles. The van der Waals surface area contributed by atoms with Gasteiger partial charge in [-0.05, 0) is 66.9 Å². The number of benzene rings is 3. The fraction of sp³-hybridized carbons (Fsp3) is 0.367. The molecule has 0 aromatic heterocycles. The Hall–Kier alpha value is -2.24. The summed E-state index contributed by atoms with van der Waals surface area (Å²) in [5.74, 6) is 0.791. The molecular weight excluding hydrogens is 405 g/mol. The standard InChI is InChI=1S/C30H34NP/c1-22(31-28-21-23-19-20-30(28,4)29(23,2)3)26-17-11-12-18-27(26)32(24-13-7-5-8-14-24)25-15-9-6-10-16-25/h5-18,22-23H,19-21H2,1-4H3/t22-,23?,30?/m1/s1. The van der Waals surface area contributed by atoms with E-state index in [0.717, 1.165) is 5.92 Å². The summed E-state index contributed by atoms with van der Waals surface area (Å²) >= 11 is 0. The molecule has 32 heavy (non-hydrogen) atoms. The van der Waals surface area contributed by atoms with Crippen molar-refractivity contribution in [1.29, 1.82) is 0 Å². The molecule has 2 bridgehead atoms. The first-order valence-electron chi connectivity index (χ1n) is 12.0. The van der Waals surface area contributed by atoms with E-state index >= 15 is 0 Å². The third-order valence-electron chi connectivity index (χ3n) is 8.52. The molecule has 1 nitrogen and oxygen atoms in total. The van der Waals surface area contributed by atoms with E-state index in [-0.39, 0.29) is 11.5 Å². The molecule has 0 spiro atoms. The Labute approximate surface area is 194 Å². The van der Waals surface area contributed by atoms with Crippen LogP contribution in [-0.4, -0.2) is 5.71 Å². The summed E-state index contributed by atoms with van der Waals surface area (Å²) in [6.45, 7) is 9.71. The lowest BCUT2D eigenvalue weighted by atomic mass is 9.70. The maximum Gasteiger partial charge on any atom is 0.0726 e. The van der Waals surface area contributed by atoms with Crippen molar-refractivity contribution >= 4 is 29.5 Å². The maximum atomic E-state index is 5.45. The molecule has 3 aromatic carbocycles. The predicted molar refractivity (Wildman–Crippen MR) is 140 cm³/mol. The summed E-state index contributed by atoms with van der Waals surface area (Å²) in [6.07, 6.45) is 3.83. The van der Waals surface area contributed by atoms with Gasteiger partial charge in [0.05, 0.1) is 6.04 Å². The van der Waals surface area contributed by atoms with Crippen LogP contribution in [0.15, 0.2) is 89.9 Å². The highest BCUT2D eigenvalue weighted by Gasteiger charge is 2.59. The third-order valence-corrected chi connectivity index (χ3v) is 11.0. The minimum absolute atomic E-state index is 0.172. The van der Waals surface area contributed by atoms with Crippen molar-refractivity contribution in [2.75, 3.05) is 0 Å². The molecule has 2 unspecified atom stereocenters. The zero-order valence-corrected chi connectivity index (χ0v) is 20.6. The van der Waals surface area contributed by atoms with Gasteiger partial charge in [0.25, 0.3) is 0 Å². The number of fused-ring (bicyclic) bond motifs is 2. The number of rotatable bonds is 5. The third kappa shape index (κ3) is 3.46. The molecule has 2 fully saturated rings. The Balaban J connectivity index is 1.58. The van der Waals surface area contributed by atoms with Crippen LogP contribution in [0, 0.1) is 16.7 Å². The monoisotopic (exact) mass is 439 g/mol. The molecular formula is C30H34NP. The van der Waals surface area contributed by atoms with Gasteiger partial charge in [-0.15, -0.1) is 0 Å². The predicted octanol–water partition coefficient (Wildman–Crippen LogP) is 6.79. The highest BCUT2D eigenvalue weighted by molar-refractivity contribution is 7.79. The van der Waals surface area contributed by atoms with Crippen LogP contribution in [0.25, 0.3) is 0 Å². The maximum absolute atomic E-state index is 5.45. The molecule has 0 amide bonds. The Morgan fingerprint density at radius 1 is 0.812 bits per heavy atom. The van der Waals surface area contributed by atoms with Crippen LogP contribution in [-0.2, 0) is 0 Å². The van der Waals surface area contributed by atoms with E-state index in [1.165, 1.54) is 46.5 Å². The number of hydrogen-bond acceptors (Lipinski definition) is 1. The van der Waals surface area contributed by atoms with Crippen molar-refractivity contribution in [2.24, 2.45) is 21.7 Å². The molecule has 2 aliphatic rings. The number of nitrogens with zero attached hydrogens (tertiary/aromatic N) is 1. The molecule has 0 aliphatic heterocycles. The molecule has 0 heterocycles. The number of hydrogen-bond donors (Lipinski definition) is 0. The molecule has 5 rings (SSSR count). The summed E-state index contributed by atoms with van der Waals surface area (Å²) in [7, 11) is -0.624. The van der Waals surface area contributed by atoms with Gasteiger partial charge < -0.3 is 0 Å². The van der Waals surface area contributed by atoms with E-state index in [2.05, 4.69) is 113 Å². The van der Waals surface area contributed by atoms with E-state index in [0.29, 0.717) is 5.41 Å². The van der Waals surface area contributed by atoms with E-state index in [1.54, 1.807) is 0 Å². The fourth-order valence-electron chi connectivity index (χ4n) is 6.05. The van der Waals surface area contributed by atoms with Gasteiger partial charge in [0, 0.05) is 11.1 Å². The Kier molecular flexibility index (Phi) is 5.58. The van der Waals surface area contributed by atoms with Crippen molar-refractivity contribution in [2.45, 2.75) is 53.0 Å². The SMILES string of the molecule is C[C@@H](N=C1CC2CCC1(C)C2(C)C)c1ccccc1P(c1ccccc1)c1ccccc1. The topological polar surface area (TPSA) is 12.4 Å². The molecule has 0 radical (unpaired) electrons. The average molecular weight is 440 g/mol. The average Bonchev–Trinajstić information content (AvgIpc) is 3.15. The largest absolute Gasteiger partial charge is 0.286 e. The smallest absolute Gasteiger partial charge is 0.0726 e. The molecule has 3 aromatic rings. The van der Waals surface area contributed by atoms with Crippen LogP contribution >= 0.6 is 7.92 Å². The Morgan fingerprint density at radius 2 is 1.38 bits per heavy atom. The zero-order chi connectivity index (χ0) is 22.3. The quantitative estimate of drug-likeness (QED) is 0.388. The van der Waals surface area contributed by atoms with Crippen LogP contribution < -0.4 is 15.9 Å². The lowest BCUT2D eigenvalue weighted by Crippen LogP contribution is -2.33. The fourth-order valence-corrected chi connectivity index (χ4v) is 8.60. The van der Waals surface area contributed by atoms with Crippen molar-refractivity contribution in [3.8, 4) is 0 Å². The molecule has 2 heteroatoms. The van der Waals surface area contributed by atoms with Crippen LogP contribution in [0.3, 0.4) is 0 Å². The summed E-state index contributed by atoms with van der Waals surface area (Å²) in [5.41, 5.74) is 3.46. The zero-order valence-electron chi connectivity index (χ0n) is 19.8. The van der Waals surface area contributed by atoms with E-state index < -0.39 is 7.92 Å². The van der Waals surface area contributed by atoms with Gasteiger partial charge in [0.1, 0.15) is 0 Å². The lowest BCUT2D eigenvalue weighted by Gasteiger charge is -2.35. The summed E-state index contributed by atoms with van der Waals surface area (Å²) in [5, 5.41) is 4.23.